The summed E-state index contributed by atoms with van der Waals surface area (Å²) in [6.45, 7) is 7.75. The quantitative estimate of drug-likeness (QED) is 0.699. The minimum absolute atomic E-state index is 0.0583. The summed E-state index contributed by atoms with van der Waals surface area (Å²) in [5.74, 6) is -0.851. The molecule has 1 atom stereocenters. The van der Waals surface area contributed by atoms with Gasteiger partial charge < -0.3 is 15.0 Å². The number of quaternary nitrogens is 1. The van der Waals surface area contributed by atoms with Crippen molar-refractivity contribution >= 4 is 33.3 Å². The number of hydrogen-bond donors (Lipinski definition) is 2. The van der Waals surface area contributed by atoms with E-state index in [4.69, 9.17) is 4.74 Å². The van der Waals surface area contributed by atoms with Gasteiger partial charge >= 0.3 is 5.97 Å². The third-order valence-corrected chi connectivity index (χ3v) is 5.11. The van der Waals surface area contributed by atoms with E-state index in [-0.39, 0.29) is 24.9 Å². The van der Waals surface area contributed by atoms with Crippen molar-refractivity contribution < 1.29 is 23.6 Å². The molecule has 7 heteroatoms. The molecule has 1 heterocycles. The fourth-order valence-corrected chi connectivity index (χ4v) is 3.88. The molecule has 2 rings (SSSR count). The van der Waals surface area contributed by atoms with E-state index < -0.39 is 5.97 Å². The Labute approximate surface area is 150 Å². The number of benzene rings is 1. The van der Waals surface area contributed by atoms with Gasteiger partial charge in [0.25, 0.3) is 5.91 Å². The molecular weight excluding hydrogens is 343 g/mol. The highest BCUT2D eigenvalue weighted by atomic mass is 32.1. The van der Waals surface area contributed by atoms with Crippen molar-refractivity contribution in [2.45, 2.75) is 27.3 Å². The molecule has 2 N–H and O–H groups in total. The van der Waals surface area contributed by atoms with Crippen LogP contribution in [0.2, 0.25) is 0 Å². The summed E-state index contributed by atoms with van der Waals surface area (Å²) < 4.78 is 20.3. The van der Waals surface area contributed by atoms with Crippen molar-refractivity contribution in [3.63, 3.8) is 0 Å². The maximum absolute atomic E-state index is 14.4. The zero-order valence-electron chi connectivity index (χ0n) is 14.8. The summed E-state index contributed by atoms with van der Waals surface area (Å²) in [6, 6.07) is 4.82. The first kappa shape index (κ1) is 19.3. The lowest BCUT2D eigenvalue weighted by Gasteiger charge is -2.17. The number of hydrogen-bond acceptors (Lipinski definition) is 4. The van der Waals surface area contributed by atoms with Crippen LogP contribution in [0.4, 0.5) is 4.39 Å². The van der Waals surface area contributed by atoms with E-state index in [1.807, 2.05) is 13.8 Å². The Balaban J connectivity index is 2.41. The Morgan fingerprint density at radius 1 is 1.28 bits per heavy atom. The molecule has 0 saturated heterocycles. The van der Waals surface area contributed by atoms with Gasteiger partial charge in [-0.05, 0) is 32.9 Å². The highest BCUT2D eigenvalue weighted by molar-refractivity contribution is 7.21. The van der Waals surface area contributed by atoms with E-state index in [0.29, 0.717) is 40.2 Å². The first-order chi connectivity index (χ1) is 12.0. The van der Waals surface area contributed by atoms with Crippen molar-refractivity contribution in [1.29, 1.82) is 0 Å². The van der Waals surface area contributed by atoms with Gasteiger partial charge in [0.2, 0.25) is 0 Å². The first-order valence-electron chi connectivity index (χ1n) is 8.48. The molecule has 0 bridgehead atoms. The summed E-state index contributed by atoms with van der Waals surface area (Å²) in [7, 11) is 0. The predicted molar refractivity (Wildman–Crippen MR) is 96.5 cm³/mol. The molecule has 1 amide bonds. The maximum Gasteiger partial charge on any atom is 0.348 e. The average molecular weight is 367 g/mol. The third-order valence-electron chi connectivity index (χ3n) is 3.94. The zero-order chi connectivity index (χ0) is 18.4. The van der Waals surface area contributed by atoms with Crippen LogP contribution >= 0.6 is 11.3 Å². The number of ether oxygens (including phenoxy) is 1. The number of thiophene rings is 1. The van der Waals surface area contributed by atoms with Crippen LogP contribution in [0.25, 0.3) is 10.1 Å². The minimum Gasteiger partial charge on any atom is -0.462 e. The fraction of sp³-hybridized carbons (Fsp3) is 0.444. The van der Waals surface area contributed by atoms with E-state index in [1.54, 1.807) is 19.1 Å². The molecule has 25 heavy (non-hydrogen) atoms. The Kier molecular flexibility index (Phi) is 6.90. The number of amides is 1. The van der Waals surface area contributed by atoms with Gasteiger partial charge in [-0.2, -0.15) is 0 Å². The number of halogens is 1. The highest BCUT2D eigenvalue weighted by Gasteiger charge is 2.25. The van der Waals surface area contributed by atoms with E-state index in [0.717, 1.165) is 4.90 Å². The number of esters is 1. The standard InChI is InChI=1S/C18H23FN2O3S/c1-4-20-15(22)11-21(5-2)10-12-16-13(19)8-7-9-14(16)25-17(12)18(23)24-6-3/h7-9H,4-6,10-11H2,1-3H3,(H,20,22)/p+1. The lowest BCUT2D eigenvalue weighted by Crippen LogP contribution is -3.11. The number of fused-ring (bicyclic) bond motifs is 1. The van der Waals surface area contributed by atoms with E-state index in [1.165, 1.54) is 17.4 Å². The molecule has 0 aliphatic carbocycles. The lowest BCUT2D eigenvalue weighted by atomic mass is 10.1. The van der Waals surface area contributed by atoms with Crippen LogP contribution in [0.15, 0.2) is 18.2 Å². The van der Waals surface area contributed by atoms with Gasteiger partial charge in [-0.3, -0.25) is 4.79 Å². The van der Waals surface area contributed by atoms with Gasteiger partial charge in [0, 0.05) is 22.2 Å². The highest BCUT2D eigenvalue weighted by Crippen LogP contribution is 2.33. The van der Waals surface area contributed by atoms with Crippen molar-refractivity contribution in [3.05, 3.63) is 34.5 Å². The molecule has 0 aliphatic heterocycles. The fourth-order valence-electron chi connectivity index (χ4n) is 2.75. The second kappa shape index (κ2) is 8.92. The van der Waals surface area contributed by atoms with Crippen LogP contribution < -0.4 is 10.2 Å². The van der Waals surface area contributed by atoms with Crippen LogP contribution in [0, 0.1) is 5.82 Å². The van der Waals surface area contributed by atoms with Gasteiger partial charge in [-0.25, -0.2) is 9.18 Å². The largest absolute Gasteiger partial charge is 0.462 e. The molecule has 2 aromatic rings. The lowest BCUT2D eigenvalue weighted by molar-refractivity contribution is -0.904. The first-order valence-corrected chi connectivity index (χ1v) is 9.30. The van der Waals surface area contributed by atoms with E-state index in [9.17, 15) is 14.0 Å². The summed E-state index contributed by atoms with van der Waals surface area (Å²) in [4.78, 5) is 25.6. The van der Waals surface area contributed by atoms with Crippen molar-refractivity contribution in [3.8, 4) is 0 Å². The number of carbonyl (C=O) groups excluding carboxylic acids is 2. The molecule has 136 valence electrons. The molecule has 1 aromatic heterocycles. The summed E-state index contributed by atoms with van der Waals surface area (Å²) >= 11 is 1.24. The summed E-state index contributed by atoms with van der Waals surface area (Å²) in [5, 5.41) is 3.23. The van der Waals surface area contributed by atoms with Gasteiger partial charge in [0.1, 0.15) is 17.2 Å². The van der Waals surface area contributed by atoms with Crippen LogP contribution in [-0.4, -0.2) is 38.1 Å². The monoisotopic (exact) mass is 367 g/mol. The van der Waals surface area contributed by atoms with Crippen molar-refractivity contribution in [2.24, 2.45) is 0 Å². The van der Waals surface area contributed by atoms with Crippen LogP contribution in [-0.2, 0) is 16.1 Å². The molecule has 0 aliphatic rings. The van der Waals surface area contributed by atoms with Gasteiger partial charge in [-0.1, -0.05) is 6.07 Å². The second-order valence-corrected chi connectivity index (χ2v) is 6.71. The van der Waals surface area contributed by atoms with Gasteiger partial charge in [0.05, 0.1) is 13.2 Å². The Hall–Kier alpha value is -1.99. The molecule has 0 radical (unpaired) electrons. The number of nitrogens with one attached hydrogen (secondary N) is 2. The Bertz CT molecular complexity index is 760. The molecule has 0 saturated carbocycles. The average Bonchev–Trinajstić information content (AvgIpc) is 2.94. The SMILES string of the molecule is CCNC(=O)C[NH+](CC)Cc1c(C(=O)OCC)sc2cccc(F)c12. The smallest absolute Gasteiger partial charge is 0.348 e. The number of rotatable bonds is 8. The molecule has 5 nitrogen and oxygen atoms in total. The molecule has 1 aromatic carbocycles. The summed E-state index contributed by atoms with van der Waals surface area (Å²) in [6.07, 6.45) is 0. The van der Waals surface area contributed by atoms with Crippen LogP contribution in [0.1, 0.15) is 36.0 Å². The molecule has 0 spiro atoms. The minimum atomic E-state index is -0.438. The molecule has 0 fully saturated rings. The van der Waals surface area contributed by atoms with Crippen LogP contribution in [0.3, 0.4) is 0 Å². The Morgan fingerprint density at radius 2 is 2.04 bits per heavy atom. The van der Waals surface area contributed by atoms with E-state index >= 15 is 0 Å². The van der Waals surface area contributed by atoms with Crippen molar-refractivity contribution in [2.75, 3.05) is 26.2 Å². The van der Waals surface area contributed by atoms with E-state index in [2.05, 4.69) is 5.32 Å². The molecule has 1 unspecified atom stereocenters. The normalized spacial score (nSPS) is 12.2. The maximum atomic E-state index is 14.4. The van der Waals surface area contributed by atoms with Crippen LogP contribution in [0.5, 0.6) is 0 Å². The number of likely N-dealkylation sites (N-methyl/N-ethyl adjacent to an activating group) is 2. The molecular formula is C18H24FN2O3S+. The second-order valence-electron chi connectivity index (χ2n) is 5.65. The van der Waals surface area contributed by atoms with Gasteiger partial charge in [0.15, 0.2) is 6.54 Å². The Morgan fingerprint density at radius 3 is 2.68 bits per heavy atom. The predicted octanol–water partition coefficient (Wildman–Crippen LogP) is 1.76. The zero-order valence-corrected chi connectivity index (χ0v) is 15.6. The number of carbonyl (C=O) groups is 2. The third kappa shape index (κ3) is 4.55. The summed E-state index contributed by atoms with van der Waals surface area (Å²) in [5.41, 5.74) is 0.623. The van der Waals surface area contributed by atoms with Gasteiger partial charge in [-0.15, -0.1) is 11.3 Å². The van der Waals surface area contributed by atoms with Crippen molar-refractivity contribution in [1.82, 2.24) is 5.32 Å². The topological polar surface area (TPSA) is 59.8 Å².